The summed E-state index contributed by atoms with van der Waals surface area (Å²) in [6, 6.07) is 16.8. The van der Waals surface area contributed by atoms with Crippen LogP contribution in [-0.2, 0) is 0 Å². The van der Waals surface area contributed by atoms with Crippen LogP contribution in [0.25, 0.3) is 0 Å². The Labute approximate surface area is 113 Å². The Morgan fingerprint density at radius 3 is 2.17 bits per heavy atom. The summed E-state index contributed by atoms with van der Waals surface area (Å²) in [6.07, 6.45) is 0. The molecule has 0 fully saturated rings. The number of hydrogen-bond acceptors (Lipinski definition) is 2. The molecule has 0 unspecified atom stereocenters. The highest BCUT2D eigenvalue weighted by Gasteiger charge is 2.08. The topological polar surface area (TPSA) is 26.0 Å². The minimum Gasteiger partial charge on any atom is -0.323 e. The molecule has 0 aliphatic carbocycles. The third-order valence-electron chi connectivity index (χ3n) is 3.04. The first-order valence-corrected chi connectivity index (χ1v) is 7.16. The molecular formula is C16H19NS. The van der Waals surface area contributed by atoms with E-state index in [1.54, 1.807) is 0 Å². The molecule has 1 nitrogen and oxygen atoms in total. The van der Waals surface area contributed by atoms with Gasteiger partial charge in [-0.2, -0.15) is 0 Å². The summed E-state index contributed by atoms with van der Waals surface area (Å²) in [4.78, 5) is 1.36. The summed E-state index contributed by atoms with van der Waals surface area (Å²) in [5.74, 6) is 0.912. The van der Waals surface area contributed by atoms with Crippen LogP contribution in [0.3, 0.4) is 0 Å². The third-order valence-corrected chi connectivity index (χ3v) is 4.50. The Morgan fingerprint density at radius 1 is 0.944 bits per heavy atom. The predicted molar refractivity (Wildman–Crippen MR) is 80.0 cm³/mol. The van der Waals surface area contributed by atoms with Crippen molar-refractivity contribution < 1.29 is 0 Å². The molecule has 1 atom stereocenters. The first-order valence-electron chi connectivity index (χ1n) is 6.18. The minimum absolute atomic E-state index is 0.0928. The zero-order valence-electron chi connectivity index (χ0n) is 10.9. The lowest BCUT2D eigenvalue weighted by Crippen LogP contribution is -2.12. The van der Waals surface area contributed by atoms with Crippen LogP contribution in [0.2, 0.25) is 0 Å². The van der Waals surface area contributed by atoms with Crippen LogP contribution in [0.1, 0.15) is 22.7 Å². The number of thioether (sulfide) groups is 1. The van der Waals surface area contributed by atoms with Crippen LogP contribution in [0, 0.1) is 13.8 Å². The van der Waals surface area contributed by atoms with E-state index < -0.39 is 0 Å². The zero-order chi connectivity index (χ0) is 13.0. The van der Waals surface area contributed by atoms with E-state index in [9.17, 15) is 0 Å². The van der Waals surface area contributed by atoms with Gasteiger partial charge in [-0.05, 0) is 30.5 Å². The lowest BCUT2D eigenvalue weighted by atomic mass is 10.1. The van der Waals surface area contributed by atoms with Crippen LogP contribution in [0.15, 0.2) is 53.4 Å². The van der Waals surface area contributed by atoms with E-state index in [2.05, 4.69) is 44.2 Å². The Hall–Kier alpha value is -1.25. The molecule has 2 rings (SSSR count). The molecular weight excluding hydrogens is 238 g/mol. The van der Waals surface area contributed by atoms with Gasteiger partial charge in [-0.15, -0.1) is 11.8 Å². The van der Waals surface area contributed by atoms with Gasteiger partial charge in [0.1, 0.15) is 0 Å². The van der Waals surface area contributed by atoms with E-state index in [1.807, 2.05) is 30.0 Å². The molecule has 94 valence electrons. The van der Waals surface area contributed by atoms with Gasteiger partial charge in [0, 0.05) is 16.7 Å². The lowest BCUT2D eigenvalue weighted by Gasteiger charge is -2.14. The fourth-order valence-electron chi connectivity index (χ4n) is 2.00. The largest absolute Gasteiger partial charge is 0.323 e. The van der Waals surface area contributed by atoms with Crippen molar-refractivity contribution in [2.75, 3.05) is 5.75 Å². The van der Waals surface area contributed by atoms with Crippen molar-refractivity contribution in [1.82, 2.24) is 0 Å². The summed E-state index contributed by atoms with van der Waals surface area (Å²) in [7, 11) is 0. The summed E-state index contributed by atoms with van der Waals surface area (Å²) in [6.45, 7) is 4.31. The Kier molecular flexibility index (Phi) is 4.45. The molecule has 2 heteroatoms. The first kappa shape index (κ1) is 13.2. The van der Waals surface area contributed by atoms with Crippen LogP contribution in [0.5, 0.6) is 0 Å². The summed E-state index contributed by atoms with van der Waals surface area (Å²) < 4.78 is 0. The number of benzene rings is 2. The second kappa shape index (κ2) is 6.07. The van der Waals surface area contributed by atoms with E-state index in [0.717, 1.165) is 5.75 Å². The summed E-state index contributed by atoms with van der Waals surface area (Å²) in [5.41, 5.74) is 10.1. The number of aryl methyl sites for hydroxylation is 2. The van der Waals surface area contributed by atoms with Crippen molar-refractivity contribution in [2.24, 2.45) is 5.73 Å². The highest BCUT2D eigenvalue weighted by Crippen LogP contribution is 2.29. The van der Waals surface area contributed by atoms with Gasteiger partial charge in [-0.25, -0.2) is 0 Å². The Morgan fingerprint density at radius 2 is 1.56 bits per heavy atom. The number of nitrogens with two attached hydrogens (primary N) is 1. The fraction of sp³-hybridized carbons (Fsp3) is 0.250. The molecule has 0 spiro atoms. The average molecular weight is 257 g/mol. The molecule has 0 amide bonds. The molecule has 0 radical (unpaired) electrons. The summed E-state index contributed by atoms with van der Waals surface area (Å²) >= 11 is 1.85. The molecule has 0 saturated heterocycles. The molecule has 2 aromatic rings. The highest BCUT2D eigenvalue weighted by atomic mass is 32.2. The lowest BCUT2D eigenvalue weighted by molar-refractivity contribution is 0.831. The second-order valence-corrected chi connectivity index (χ2v) is 5.58. The van der Waals surface area contributed by atoms with Gasteiger partial charge in [0.05, 0.1) is 0 Å². The van der Waals surface area contributed by atoms with Crippen LogP contribution in [-0.4, -0.2) is 5.75 Å². The maximum absolute atomic E-state index is 6.22. The van der Waals surface area contributed by atoms with E-state index >= 15 is 0 Å². The molecule has 18 heavy (non-hydrogen) atoms. The van der Waals surface area contributed by atoms with Crippen LogP contribution >= 0.6 is 11.8 Å². The van der Waals surface area contributed by atoms with Crippen molar-refractivity contribution in [2.45, 2.75) is 24.8 Å². The zero-order valence-corrected chi connectivity index (χ0v) is 11.7. The quantitative estimate of drug-likeness (QED) is 0.835. The van der Waals surface area contributed by atoms with Gasteiger partial charge in [0.15, 0.2) is 0 Å². The first-order chi connectivity index (χ1) is 8.68. The average Bonchev–Trinajstić information content (AvgIpc) is 2.39. The van der Waals surface area contributed by atoms with E-state index in [-0.39, 0.29) is 6.04 Å². The molecule has 0 saturated carbocycles. The molecule has 0 aromatic heterocycles. The third kappa shape index (κ3) is 3.15. The van der Waals surface area contributed by atoms with Crippen molar-refractivity contribution >= 4 is 11.8 Å². The van der Waals surface area contributed by atoms with E-state index in [1.165, 1.54) is 21.6 Å². The van der Waals surface area contributed by atoms with Gasteiger partial charge < -0.3 is 5.73 Å². The van der Waals surface area contributed by atoms with Gasteiger partial charge in [0.25, 0.3) is 0 Å². The summed E-state index contributed by atoms with van der Waals surface area (Å²) in [5, 5.41) is 0. The van der Waals surface area contributed by atoms with Crippen molar-refractivity contribution in [3.05, 3.63) is 65.2 Å². The molecule has 0 bridgehead atoms. The maximum Gasteiger partial charge on any atom is 0.0390 e. The molecule has 2 aromatic carbocycles. The number of rotatable bonds is 4. The monoisotopic (exact) mass is 257 g/mol. The van der Waals surface area contributed by atoms with E-state index in [4.69, 9.17) is 5.73 Å². The van der Waals surface area contributed by atoms with Gasteiger partial charge >= 0.3 is 0 Å². The van der Waals surface area contributed by atoms with Crippen LogP contribution in [0.4, 0.5) is 0 Å². The fourth-order valence-corrected chi connectivity index (χ4v) is 3.13. The van der Waals surface area contributed by atoms with Crippen molar-refractivity contribution in [3.8, 4) is 0 Å². The Bertz CT molecular complexity index is 488. The van der Waals surface area contributed by atoms with E-state index in [0.29, 0.717) is 0 Å². The van der Waals surface area contributed by atoms with Crippen LogP contribution < -0.4 is 5.73 Å². The molecule has 0 heterocycles. The predicted octanol–water partition coefficient (Wildman–Crippen LogP) is 4.10. The van der Waals surface area contributed by atoms with Gasteiger partial charge in [-0.1, -0.05) is 48.5 Å². The van der Waals surface area contributed by atoms with Gasteiger partial charge in [0.2, 0.25) is 0 Å². The number of hydrogen-bond donors (Lipinski definition) is 1. The second-order valence-electron chi connectivity index (χ2n) is 4.55. The molecule has 2 N–H and O–H groups in total. The normalized spacial score (nSPS) is 12.4. The maximum atomic E-state index is 6.22. The SMILES string of the molecule is Cc1cccc(C)c1SC[C@@H](N)c1ccccc1. The highest BCUT2D eigenvalue weighted by molar-refractivity contribution is 7.99. The standard InChI is InChI=1S/C16H19NS/c1-12-7-6-8-13(2)16(12)18-11-15(17)14-9-4-3-5-10-14/h3-10,15H,11,17H2,1-2H3/t15-/m1/s1. The molecule has 0 aliphatic rings. The molecule has 0 aliphatic heterocycles. The minimum atomic E-state index is 0.0928. The Balaban J connectivity index is 2.04. The van der Waals surface area contributed by atoms with Crippen molar-refractivity contribution in [1.29, 1.82) is 0 Å². The van der Waals surface area contributed by atoms with Crippen molar-refractivity contribution in [3.63, 3.8) is 0 Å². The smallest absolute Gasteiger partial charge is 0.0390 e. The van der Waals surface area contributed by atoms with Gasteiger partial charge in [-0.3, -0.25) is 0 Å².